The van der Waals surface area contributed by atoms with Crippen molar-refractivity contribution in [3.05, 3.63) is 23.3 Å². The molecule has 0 bridgehead atoms. The Morgan fingerprint density at radius 2 is 2.00 bits per heavy atom. The van der Waals surface area contributed by atoms with Crippen LogP contribution >= 0.6 is 0 Å². The Morgan fingerprint density at radius 3 is 2.63 bits per heavy atom. The van der Waals surface area contributed by atoms with Crippen molar-refractivity contribution in [1.82, 2.24) is 0 Å². The molecule has 1 aliphatic carbocycles. The summed E-state index contributed by atoms with van der Waals surface area (Å²) in [5, 5.41) is 0. The minimum absolute atomic E-state index is 0.262. The molecule has 1 heteroatoms. The number of hydrogen-bond acceptors (Lipinski definition) is 1. The van der Waals surface area contributed by atoms with Crippen LogP contribution in [0.4, 0.5) is 0 Å². The lowest BCUT2D eigenvalue weighted by Gasteiger charge is -2.12. The molecule has 1 rings (SSSR count). The van der Waals surface area contributed by atoms with Gasteiger partial charge in [0.05, 0.1) is 0 Å². The minimum atomic E-state index is 0.262. The second kappa shape index (κ2) is 8.35. The van der Waals surface area contributed by atoms with Gasteiger partial charge in [-0.25, -0.2) is 0 Å². The normalized spacial score (nSPS) is 19.0. The molecular weight excluding hydrogens is 232 g/mol. The van der Waals surface area contributed by atoms with Crippen LogP contribution in [0.5, 0.6) is 0 Å². The lowest BCUT2D eigenvalue weighted by Crippen LogP contribution is -1.97. The first kappa shape index (κ1) is 16.2. The topological polar surface area (TPSA) is 17.1 Å². The largest absolute Gasteiger partial charge is 0.295 e. The zero-order valence-electron chi connectivity index (χ0n) is 13.2. The van der Waals surface area contributed by atoms with Crippen molar-refractivity contribution in [2.75, 3.05) is 0 Å². The summed E-state index contributed by atoms with van der Waals surface area (Å²) < 4.78 is 0. The smallest absolute Gasteiger partial charge is 0.155 e. The number of carbonyl (C=O) groups is 1. The molecule has 0 spiro atoms. The van der Waals surface area contributed by atoms with E-state index < -0.39 is 0 Å². The van der Waals surface area contributed by atoms with E-state index in [0.29, 0.717) is 6.42 Å². The summed E-state index contributed by atoms with van der Waals surface area (Å²) in [7, 11) is 0. The number of allylic oxidation sites excluding steroid dienone is 4. The van der Waals surface area contributed by atoms with Crippen LogP contribution in [0.1, 0.15) is 72.6 Å². The Balaban J connectivity index is 2.35. The Kier molecular flexibility index (Phi) is 7.12. The first-order valence-corrected chi connectivity index (χ1v) is 7.94. The third kappa shape index (κ3) is 6.75. The SMILES string of the molecule is CCC(=O)/C=C1\C=C(CC(C)CCCC(C)C)CC1. The van der Waals surface area contributed by atoms with E-state index in [-0.39, 0.29) is 5.78 Å². The molecule has 0 fully saturated rings. The van der Waals surface area contributed by atoms with Gasteiger partial charge in [-0.2, -0.15) is 0 Å². The van der Waals surface area contributed by atoms with E-state index in [1.807, 2.05) is 13.0 Å². The van der Waals surface area contributed by atoms with Gasteiger partial charge in [0, 0.05) is 6.42 Å². The van der Waals surface area contributed by atoms with Gasteiger partial charge in [0.15, 0.2) is 5.78 Å². The van der Waals surface area contributed by atoms with Gasteiger partial charge in [0.1, 0.15) is 0 Å². The summed E-state index contributed by atoms with van der Waals surface area (Å²) in [6, 6.07) is 0. The van der Waals surface area contributed by atoms with Gasteiger partial charge >= 0.3 is 0 Å². The quantitative estimate of drug-likeness (QED) is 0.530. The summed E-state index contributed by atoms with van der Waals surface area (Å²) in [5.41, 5.74) is 2.79. The maximum absolute atomic E-state index is 11.4. The molecular formula is C18H30O. The molecule has 108 valence electrons. The fraction of sp³-hybridized carbons (Fsp3) is 0.722. The standard InChI is InChI=1S/C18H30O/c1-5-18(19)13-17-10-9-16(12-17)11-15(4)8-6-7-14(2)3/h12-15H,5-11H2,1-4H3/b17-13-. The Hall–Kier alpha value is -0.850. The number of carbonyl (C=O) groups excluding carboxylic acids is 1. The predicted molar refractivity (Wildman–Crippen MR) is 83.2 cm³/mol. The van der Waals surface area contributed by atoms with Crippen molar-refractivity contribution in [2.24, 2.45) is 11.8 Å². The second-order valence-corrected chi connectivity index (χ2v) is 6.48. The fourth-order valence-corrected chi connectivity index (χ4v) is 2.72. The average Bonchev–Trinajstić information content (AvgIpc) is 2.75. The molecule has 0 amide bonds. The van der Waals surface area contributed by atoms with E-state index in [0.717, 1.165) is 24.7 Å². The van der Waals surface area contributed by atoms with Crippen LogP contribution in [0.2, 0.25) is 0 Å². The third-order valence-electron chi connectivity index (χ3n) is 3.91. The highest BCUT2D eigenvalue weighted by Gasteiger charge is 2.13. The molecule has 1 aliphatic rings. The van der Waals surface area contributed by atoms with Crippen molar-refractivity contribution in [3.8, 4) is 0 Å². The van der Waals surface area contributed by atoms with Gasteiger partial charge in [-0.1, -0.05) is 58.6 Å². The van der Waals surface area contributed by atoms with Crippen LogP contribution < -0.4 is 0 Å². The summed E-state index contributed by atoms with van der Waals surface area (Å²) in [5.74, 6) is 1.87. The zero-order chi connectivity index (χ0) is 14.3. The summed E-state index contributed by atoms with van der Waals surface area (Å²) in [6.07, 6.45) is 12.2. The molecule has 0 heterocycles. The van der Waals surface area contributed by atoms with Crippen LogP contribution in [-0.2, 0) is 4.79 Å². The lowest BCUT2D eigenvalue weighted by atomic mass is 9.94. The summed E-state index contributed by atoms with van der Waals surface area (Å²) >= 11 is 0. The van der Waals surface area contributed by atoms with E-state index in [1.54, 1.807) is 5.57 Å². The van der Waals surface area contributed by atoms with Crippen LogP contribution in [0.3, 0.4) is 0 Å². The number of ketones is 1. The van der Waals surface area contributed by atoms with E-state index in [2.05, 4.69) is 26.8 Å². The van der Waals surface area contributed by atoms with Crippen molar-refractivity contribution >= 4 is 5.78 Å². The zero-order valence-corrected chi connectivity index (χ0v) is 13.2. The molecule has 19 heavy (non-hydrogen) atoms. The van der Waals surface area contributed by atoms with Gasteiger partial charge in [-0.3, -0.25) is 4.79 Å². The van der Waals surface area contributed by atoms with Gasteiger partial charge in [0.25, 0.3) is 0 Å². The van der Waals surface area contributed by atoms with Crippen LogP contribution in [0.25, 0.3) is 0 Å². The first-order valence-electron chi connectivity index (χ1n) is 7.94. The molecule has 1 nitrogen and oxygen atoms in total. The third-order valence-corrected chi connectivity index (χ3v) is 3.91. The number of hydrogen-bond donors (Lipinski definition) is 0. The van der Waals surface area contributed by atoms with E-state index >= 15 is 0 Å². The van der Waals surface area contributed by atoms with Gasteiger partial charge in [-0.15, -0.1) is 0 Å². The molecule has 0 radical (unpaired) electrons. The maximum Gasteiger partial charge on any atom is 0.155 e. The molecule has 1 atom stereocenters. The molecule has 0 aromatic rings. The van der Waals surface area contributed by atoms with Crippen molar-refractivity contribution < 1.29 is 4.79 Å². The minimum Gasteiger partial charge on any atom is -0.295 e. The molecule has 0 aliphatic heterocycles. The summed E-state index contributed by atoms with van der Waals surface area (Å²) in [6.45, 7) is 8.88. The van der Waals surface area contributed by atoms with E-state index in [9.17, 15) is 4.79 Å². The first-order chi connectivity index (χ1) is 9.01. The molecule has 0 N–H and O–H groups in total. The highest BCUT2D eigenvalue weighted by Crippen LogP contribution is 2.30. The Morgan fingerprint density at radius 1 is 1.26 bits per heavy atom. The number of rotatable bonds is 8. The average molecular weight is 262 g/mol. The molecule has 0 saturated carbocycles. The highest BCUT2D eigenvalue weighted by atomic mass is 16.1. The highest BCUT2D eigenvalue weighted by molar-refractivity contribution is 5.90. The van der Waals surface area contributed by atoms with Crippen molar-refractivity contribution in [1.29, 1.82) is 0 Å². The fourth-order valence-electron chi connectivity index (χ4n) is 2.72. The second-order valence-electron chi connectivity index (χ2n) is 6.48. The predicted octanol–water partition coefficient (Wildman–Crippen LogP) is 5.46. The molecule has 0 aromatic carbocycles. The Labute approximate surface area is 119 Å². The molecule has 0 saturated heterocycles. The van der Waals surface area contributed by atoms with Gasteiger partial charge in [-0.05, 0) is 42.7 Å². The monoisotopic (exact) mass is 262 g/mol. The molecule has 0 aromatic heterocycles. The lowest BCUT2D eigenvalue weighted by molar-refractivity contribution is -0.114. The van der Waals surface area contributed by atoms with Crippen LogP contribution in [0, 0.1) is 11.8 Å². The van der Waals surface area contributed by atoms with Crippen LogP contribution in [0.15, 0.2) is 23.3 Å². The maximum atomic E-state index is 11.4. The van der Waals surface area contributed by atoms with E-state index in [1.165, 1.54) is 31.3 Å². The van der Waals surface area contributed by atoms with Gasteiger partial charge < -0.3 is 0 Å². The van der Waals surface area contributed by atoms with Crippen LogP contribution in [-0.4, -0.2) is 5.78 Å². The Bertz CT molecular complexity index is 347. The van der Waals surface area contributed by atoms with Crippen molar-refractivity contribution in [3.63, 3.8) is 0 Å². The summed E-state index contributed by atoms with van der Waals surface area (Å²) in [4.78, 5) is 11.4. The van der Waals surface area contributed by atoms with Gasteiger partial charge in [0.2, 0.25) is 0 Å². The van der Waals surface area contributed by atoms with E-state index in [4.69, 9.17) is 0 Å². The van der Waals surface area contributed by atoms with Crippen molar-refractivity contribution in [2.45, 2.75) is 72.6 Å². The molecule has 1 unspecified atom stereocenters.